The molecule has 1 saturated heterocycles. The first kappa shape index (κ1) is 16.6. The lowest BCUT2D eigenvalue weighted by molar-refractivity contribution is -0.0550. The lowest BCUT2D eigenvalue weighted by Gasteiger charge is -2.17. The monoisotopic (exact) mass is 430 g/mol. The molecule has 0 aliphatic carbocycles. The number of H-pyrrole nitrogens is 1. The number of ether oxygens (including phenoxy) is 1. The molecule has 1 aromatic rings. The van der Waals surface area contributed by atoms with Crippen LogP contribution in [0.4, 0.5) is 0 Å². The summed E-state index contributed by atoms with van der Waals surface area (Å²) in [7, 11) is 0. The molecule has 0 spiro atoms. The van der Waals surface area contributed by atoms with Crippen LogP contribution in [0.5, 0.6) is 0 Å². The Morgan fingerprint density at radius 2 is 2.14 bits per heavy atom. The van der Waals surface area contributed by atoms with Crippen molar-refractivity contribution in [3.8, 4) is 0 Å². The minimum absolute atomic E-state index is 0.0170. The predicted octanol–water partition coefficient (Wildman–Crippen LogP) is -0.880. The van der Waals surface area contributed by atoms with Crippen molar-refractivity contribution in [1.29, 1.82) is 0 Å². The number of hydrogen-bond donors (Lipinski definition) is 4. The Bertz CT molecular complexity index is 671. The number of aliphatic hydroxyl groups is 3. The van der Waals surface area contributed by atoms with Crippen molar-refractivity contribution in [3.05, 3.63) is 36.7 Å². The Morgan fingerprint density at radius 3 is 2.67 bits per heavy atom. The summed E-state index contributed by atoms with van der Waals surface area (Å²) in [6.07, 6.45) is -3.90. The molecule has 0 aromatic carbocycles. The maximum atomic E-state index is 11.8. The summed E-state index contributed by atoms with van der Waals surface area (Å²) in [4.78, 5) is 25.6. The lowest BCUT2D eigenvalue weighted by Crippen LogP contribution is -2.38. The number of aliphatic hydroxyl groups excluding tert-OH is 3. The number of hydrogen-bond acceptors (Lipinski definition) is 6. The smallest absolute Gasteiger partial charge is 0.330 e. The van der Waals surface area contributed by atoms with Crippen LogP contribution in [0.15, 0.2) is 19.9 Å². The van der Waals surface area contributed by atoms with Gasteiger partial charge in [-0.3, -0.25) is 14.3 Å². The van der Waals surface area contributed by atoms with Crippen LogP contribution in [-0.2, 0) is 4.74 Å². The second-order valence-corrected chi connectivity index (χ2v) is 5.43. The first-order chi connectivity index (χ1) is 9.90. The first-order valence-corrected chi connectivity index (χ1v) is 7.47. The Balaban J connectivity index is 2.50. The molecule has 2 heterocycles. The number of rotatable bonds is 3. The Labute approximate surface area is 136 Å². The topological polar surface area (TPSA) is 125 Å². The van der Waals surface area contributed by atoms with E-state index >= 15 is 0 Å². The van der Waals surface area contributed by atoms with Gasteiger partial charge in [-0.1, -0.05) is 34.2 Å². The van der Waals surface area contributed by atoms with Crippen LogP contribution < -0.4 is 11.2 Å². The van der Waals surface area contributed by atoms with E-state index in [-0.39, 0.29) is 10.6 Å². The molecule has 4 N–H and O–H groups in total. The van der Waals surface area contributed by atoms with Crippen LogP contribution in [0.1, 0.15) is 11.8 Å². The number of nitrogens with one attached hydrogen (secondary N) is 1. The van der Waals surface area contributed by atoms with Crippen LogP contribution in [0.3, 0.4) is 0 Å². The molecule has 116 valence electrons. The fourth-order valence-electron chi connectivity index (χ4n) is 2.01. The van der Waals surface area contributed by atoms with Crippen molar-refractivity contribution in [2.24, 2.45) is 0 Å². The van der Waals surface area contributed by atoms with Crippen molar-refractivity contribution in [2.45, 2.75) is 24.5 Å². The highest BCUT2D eigenvalue weighted by Gasteiger charge is 2.43. The molecular weight excluding hydrogens is 418 g/mol. The van der Waals surface area contributed by atoms with Gasteiger partial charge in [0, 0.05) is 6.20 Å². The molecule has 1 fully saturated rings. The van der Waals surface area contributed by atoms with Crippen molar-refractivity contribution >= 4 is 39.2 Å². The molecule has 1 aliphatic rings. The lowest BCUT2D eigenvalue weighted by atomic mass is 10.1. The third kappa shape index (κ3) is 3.07. The number of halogens is 2. The van der Waals surface area contributed by atoms with E-state index in [0.717, 1.165) is 10.8 Å². The zero-order valence-corrected chi connectivity index (χ0v) is 13.4. The van der Waals surface area contributed by atoms with Crippen LogP contribution in [0, 0.1) is 0 Å². The average Bonchev–Trinajstić information content (AvgIpc) is 2.74. The molecule has 21 heavy (non-hydrogen) atoms. The molecule has 1 aliphatic heterocycles. The average molecular weight is 431 g/mol. The number of nitrogens with zero attached hydrogens (tertiary/aromatic N) is 1. The summed E-state index contributed by atoms with van der Waals surface area (Å²) < 4.78 is 7.60. The van der Waals surface area contributed by atoms with Gasteiger partial charge in [0.15, 0.2) is 6.23 Å². The maximum Gasteiger partial charge on any atom is 0.330 e. The van der Waals surface area contributed by atoms with E-state index in [0.29, 0.717) is 0 Å². The van der Waals surface area contributed by atoms with E-state index in [4.69, 9.17) is 21.4 Å². The van der Waals surface area contributed by atoms with E-state index in [1.807, 2.05) is 22.6 Å². The van der Waals surface area contributed by atoms with Crippen molar-refractivity contribution in [3.63, 3.8) is 0 Å². The molecule has 0 bridgehead atoms. The highest BCUT2D eigenvalue weighted by molar-refractivity contribution is 14.1. The van der Waals surface area contributed by atoms with Crippen molar-refractivity contribution in [2.75, 3.05) is 6.61 Å². The number of aromatic amines is 1. The molecule has 8 nitrogen and oxygen atoms in total. The van der Waals surface area contributed by atoms with E-state index in [1.54, 1.807) is 0 Å². The highest BCUT2D eigenvalue weighted by atomic mass is 127. The maximum absolute atomic E-state index is 11.8. The van der Waals surface area contributed by atoms with Gasteiger partial charge >= 0.3 is 5.69 Å². The minimum atomic E-state index is -1.43. The van der Waals surface area contributed by atoms with E-state index in [1.165, 1.54) is 4.08 Å². The van der Waals surface area contributed by atoms with E-state index in [9.17, 15) is 19.8 Å². The Kier molecular flexibility index (Phi) is 5.22. The van der Waals surface area contributed by atoms with Gasteiger partial charge in [0.05, 0.1) is 17.2 Å². The second-order valence-electron chi connectivity index (χ2n) is 4.40. The summed E-state index contributed by atoms with van der Waals surface area (Å²) in [5.74, 6) is 0. The second kappa shape index (κ2) is 6.58. The molecular formula is C11H12ClIN2O6. The SMILES string of the molecule is O=c1[nH]c(=O)n([C@H]2O[C@H](CO)[C@@H](O)[C@H]2O)cc1/C(Cl)=C\I. The summed E-state index contributed by atoms with van der Waals surface area (Å²) >= 11 is 7.70. The van der Waals surface area contributed by atoms with Gasteiger partial charge < -0.3 is 20.1 Å². The van der Waals surface area contributed by atoms with Crippen LogP contribution in [-0.4, -0.2) is 49.8 Å². The van der Waals surface area contributed by atoms with E-state index < -0.39 is 42.4 Å². The fraction of sp³-hybridized carbons (Fsp3) is 0.455. The summed E-state index contributed by atoms with van der Waals surface area (Å²) in [5.41, 5.74) is -1.49. The van der Waals surface area contributed by atoms with Gasteiger partial charge in [-0.05, 0) is 4.08 Å². The standard InChI is InChI=1S/C11H12ClIN2O6/c12-5(1-13)4-2-15(11(20)14-9(4)19)10-8(18)7(17)6(3-16)21-10/h1-2,6-8,10,16-18H,3H2,(H,14,19,20)/b5-1+/t6-,7-,8-,10+/m1/s1. The summed E-state index contributed by atoms with van der Waals surface area (Å²) in [5, 5.41) is 28.8. The van der Waals surface area contributed by atoms with Gasteiger partial charge in [-0.15, -0.1) is 0 Å². The molecule has 0 unspecified atom stereocenters. The van der Waals surface area contributed by atoms with Crippen molar-refractivity contribution in [1.82, 2.24) is 9.55 Å². The number of aromatic nitrogens is 2. The van der Waals surface area contributed by atoms with Gasteiger partial charge in [0.2, 0.25) is 0 Å². The first-order valence-electron chi connectivity index (χ1n) is 5.85. The van der Waals surface area contributed by atoms with Crippen LogP contribution >= 0.6 is 34.2 Å². The minimum Gasteiger partial charge on any atom is -0.394 e. The van der Waals surface area contributed by atoms with Gasteiger partial charge in [-0.25, -0.2) is 4.79 Å². The predicted molar refractivity (Wildman–Crippen MR) is 82.2 cm³/mol. The highest BCUT2D eigenvalue weighted by Crippen LogP contribution is 2.28. The van der Waals surface area contributed by atoms with Crippen molar-refractivity contribution < 1.29 is 20.1 Å². The molecule has 10 heteroatoms. The molecule has 2 rings (SSSR count). The molecule has 0 amide bonds. The normalized spacial score (nSPS) is 29.9. The van der Waals surface area contributed by atoms with Gasteiger partial charge in [0.1, 0.15) is 18.3 Å². The Morgan fingerprint density at radius 1 is 1.48 bits per heavy atom. The third-order valence-corrected chi connectivity index (χ3v) is 4.42. The van der Waals surface area contributed by atoms with E-state index in [2.05, 4.69) is 4.98 Å². The quantitative estimate of drug-likeness (QED) is 0.462. The van der Waals surface area contributed by atoms with Crippen LogP contribution in [0.25, 0.3) is 5.03 Å². The zero-order chi connectivity index (χ0) is 15.7. The molecule has 1 aromatic heterocycles. The van der Waals surface area contributed by atoms with Gasteiger partial charge in [-0.2, -0.15) is 0 Å². The summed E-state index contributed by atoms with van der Waals surface area (Å²) in [6.45, 7) is -0.520. The molecule has 0 radical (unpaired) electrons. The largest absolute Gasteiger partial charge is 0.394 e. The fourth-order valence-corrected chi connectivity index (χ4v) is 2.48. The molecule has 0 saturated carbocycles. The summed E-state index contributed by atoms with van der Waals surface area (Å²) in [6, 6.07) is 0. The third-order valence-electron chi connectivity index (χ3n) is 3.11. The van der Waals surface area contributed by atoms with Gasteiger partial charge in [0.25, 0.3) is 5.56 Å². The molecule has 4 atom stereocenters. The van der Waals surface area contributed by atoms with Crippen LogP contribution in [0.2, 0.25) is 0 Å². The Hall–Kier alpha value is -0.720. The zero-order valence-electron chi connectivity index (χ0n) is 10.4.